The van der Waals surface area contributed by atoms with E-state index in [2.05, 4.69) is 22.4 Å². The van der Waals surface area contributed by atoms with Crippen molar-refractivity contribution in [3.8, 4) is 11.5 Å². The van der Waals surface area contributed by atoms with Gasteiger partial charge in [0.15, 0.2) is 5.82 Å². The number of anilines is 1. The summed E-state index contributed by atoms with van der Waals surface area (Å²) in [5, 5.41) is 6.99. The Labute approximate surface area is 94.7 Å². The molecule has 1 heterocycles. The molecule has 2 rings (SSSR count). The van der Waals surface area contributed by atoms with E-state index < -0.39 is 0 Å². The van der Waals surface area contributed by atoms with Gasteiger partial charge in [-0.05, 0) is 30.7 Å². The molecule has 0 atom stereocenters. The zero-order valence-corrected chi connectivity index (χ0v) is 9.53. The molecular formula is C12H15N3O. The summed E-state index contributed by atoms with van der Waals surface area (Å²) in [5.74, 6) is 1.36. The number of hydrogen-bond acceptors (Lipinski definition) is 4. The van der Waals surface area contributed by atoms with E-state index in [0.717, 1.165) is 29.9 Å². The van der Waals surface area contributed by atoms with Crippen molar-refractivity contribution in [1.82, 2.24) is 10.1 Å². The van der Waals surface area contributed by atoms with Crippen LogP contribution in [-0.4, -0.2) is 17.2 Å². The minimum Gasteiger partial charge on any atom is -0.388 e. The van der Waals surface area contributed by atoms with Gasteiger partial charge in [-0.15, -0.1) is 0 Å². The number of hydrogen-bond donors (Lipinski definition) is 1. The maximum absolute atomic E-state index is 5.20. The molecule has 4 heteroatoms. The monoisotopic (exact) mass is 217 g/mol. The second kappa shape index (κ2) is 4.79. The van der Waals surface area contributed by atoms with Gasteiger partial charge in [0.25, 0.3) is 5.89 Å². The van der Waals surface area contributed by atoms with Crippen molar-refractivity contribution in [2.45, 2.75) is 19.8 Å². The van der Waals surface area contributed by atoms with Crippen LogP contribution in [0.25, 0.3) is 11.5 Å². The molecule has 1 N–H and O–H groups in total. The van der Waals surface area contributed by atoms with Crippen molar-refractivity contribution < 1.29 is 4.52 Å². The van der Waals surface area contributed by atoms with Crippen molar-refractivity contribution in [2.75, 3.05) is 12.4 Å². The number of nitrogens with zero attached hydrogens (tertiary/aromatic N) is 2. The Bertz CT molecular complexity index is 448. The van der Waals surface area contributed by atoms with Crippen LogP contribution in [0.4, 0.5) is 5.69 Å². The predicted octanol–water partition coefficient (Wildman–Crippen LogP) is 2.73. The summed E-state index contributed by atoms with van der Waals surface area (Å²) >= 11 is 0. The van der Waals surface area contributed by atoms with Gasteiger partial charge >= 0.3 is 0 Å². The van der Waals surface area contributed by atoms with E-state index in [1.165, 1.54) is 0 Å². The Morgan fingerprint density at radius 2 is 2.00 bits per heavy atom. The summed E-state index contributed by atoms with van der Waals surface area (Å²) in [5.41, 5.74) is 2.02. The van der Waals surface area contributed by atoms with Crippen LogP contribution >= 0.6 is 0 Å². The van der Waals surface area contributed by atoms with E-state index in [1.807, 2.05) is 31.3 Å². The van der Waals surface area contributed by atoms with Crippen molar-refractivity contribution >= 4 is 5.69 Å². The Balaban J connectivity index is 2.21. The first-order valence-electron chi connectivity index (χ1n) is 5.44. The average molecular weight is 217 g/mol. The predicted molar refractivity (Wildman–Crippen MR) is 63.3 cm³/mol. The summed E-state index contributed by atoms with van der Waals surface area (Å²) in [4.78, 5) is 4.33. The third-order valence-corrected chi connectivity index (χ3v) is 2.36. The zero-order valence-electron chi connectivity index (χ0n) is 9.53. The van der Waals surface area contributed by atoms with Gasteiger partial charge in [0.1, 0.15) is 0 Å². The Morgan fingerprint density at radius 3 is 2.62 bits per heavy atom. The summed E-state index contributed by atoms with van der Waals surface area (Å²) in [6.45, 7) is 2.09. The van der Waals surface area contributed by atoms with Gasteiger partial charge in [-0.3, -0.25) is 0 Å². The van der Waals surface area contributed by atoms with Crippen LogP contribution in [0.15, 0.2) is 28.8 Å². The summed E-state index contributed by atoms with van der Waals surface area (Å²) < 4.78 is 5.20. The van der Waals surface area contributed by atoms with Crippen LogP contribution in [0, 0.1) is 0 Å². The summed E-state index contributed by atoms with van der Waals surface area (Å²) in [7, 11) is 1.89. The van der Waals surface area contributed by atoms with E-state index in [4.69, 9.17) is 4.52 Å². The fourth-order valence-electron chi connectivity index (χ4n) is 1.48. The van der Waals surface area contributed by atoms with E-state index in [0.29, 0.717) is 5.89 Å². The van der Waals surface area contributed by atoms with Crippen molar-refractivity contribution in [2.24, 2.45) is 0 Å². The number of aromatic nitrogens is 2. The number of benzene rings is 1. The molecule has 4 nitrogen and oxygen atoms in total. The molecule has 84 valence electrons. The van der Waals surface area contributed by atoms with Crippen LogP contribution in [0.2, 0.25) is 0 Å². The van der Waals surface area contributed by atoms with Gasteiger partial charge in [0.2, 0.25) is 0 Å². The van der Waals surface area contributed by atoms with Gasteiger partial charge < -0.3 is 9.84 Å². The first kappa shape index (κ1) is 10.7. The van der Waals surface area contributed by atoms with E-state index >= 15 is 0 Å². The van der Waals surface area contributed by atoms with Crippen LogP contribution in [-0.2, 0) is 6.42 Å². The molecule has 0 saturated heterocycles. The zero-order chi connectivity index (χ0) is 11.4. The lowest BCUT2D eigenvalue weighted by atomic mass is 10.2. The van der Waals surface area contributed by atoms with Gasteiger partial charge in [-0.2, -0.15) is 4.98 Å². The van der Waals surface area contributed by atoms with Gasteiger partial charge in [0, 0.05) is 24.7 Å². The maximum atomic E-state index is 5.20. The second-order valence-corrected chi connectivity index (χ2v) is 3.59. The first-order chi connectivity index (χ1) is 7.83. The van der Waals surface area contributed by atoms with Crippen LogP contribution in [0.1, 0.15) is 19.2 Å². The van der Waals surface area contributed by atoms with Gasteiger partial charge in [0.05, 0.1) is 0 Å². The molecule has 0 fully saturated rings. The lowest BCUT2D eigenvalue weighted by molar-refractivity contribution is 0.422. The molecule has 0 spiro atoms. The van der Waals surface area contributed by atoms with Crippen LogP contribution in [0.5, 0.6) is 0 Å². The normalized spacial score (nSPS) is 10.4. The SMILES string of the molecule is CCCc1noc(-c2ccc(NC)cc2)n1. The largest absolute Gasteiger partial charge is 0.388 e. The minimum absolute atomic E-state index is 0.589. The van der Waals surface area contributed by atoms with Crippen LogP contribution < -0.4 is 5.32 Å². The molecule has 0 aliphatic rings. The van der Waals surface area contributed by atoms with Gasteiger partial charge in [-0.1, -0.05) is 12.1 Å². The Morgan fingerprint density at radius 1 is 1.25 bits per heavy atom. The number of nitrogens with one attached hydrogen (secondary N) is 1. The molecule has 0 bridgehead atoms. The Hall–Kier alpha value is -1.84. The first-order valence-corrected chi connectivity index (χ1v) is 5.44. The molecule has 1 aromatic carbocycles. The number of aryl methyl sites for hydroxylation is 1. The third-order valence-electron chi connectivity index (χ3n) is 2.36. The van der Waals surface area contributed by atoms with Crippen molar-refractivity contribution in [3.63, 3.8) is 0 Å². The van der Waals surface area contributed by atoms with Gasteiger partial charge in [-0.25, -0.2) is 0 Å². The van der Waals surface area contributed by atoms with E-state index in [9.17, 15) is 0 Å². The molecule has 1 aromatic heterocycles. The molecular weight excluding hydrogens is 202 g/mol. The lowest BCUT2D eigenvalue weighted by Crippen LogP contribution is -1.87. The Kier molecular flexibility index (Phi) is 3.19. The average Bonchev–Trinajstić information content (AvgIpc) is 2.78. The second-order valence-electron chi connectivity index (χ2n) is 3.59. The minimum atomic E-state index is 0.589. The quantitative estimate of drug-likeness (QED) is 0.855. The third kappa shape index (κ3) is 2.21. The van der Waals surface area contributed by atoms with E-state index in [-0.39, 0.29) is 0 Å². The standard InChI is InChI=1S/C12H15N3O/c1-3-4-11-14-12(16-15-11)9-5-7-10(13-2)8-6-9/h5-8,13H,3-4H2,1-2H3. The summed E-state index contributed by atoms with van der Waals surface area (Å²) in [6, 6.07) is 7.90. The highest BCUT2D eigenvalue weighted by atomic mass is 16.5. The molecule has 0 amide bonds. The topological polar surface area (TPSA) is 51.0 Å². The number of rotatable bonds is 4. The van der Waals surface area contributed by atoms with Crippen molar-refractivity contribution in [1.29, 1.82) is 0 Å². The maximum Gasteiger partial charge on any atom is 0.257 e. The molecule has 0 aliphatic carbocycles. The smallest absolute Gasteiger partial charge is 0.257 e. The highest BCUT2D eigenvalue weighted by Gasteiger charge is 2.07. The molecule has 0 unspecified atom stereocenters. The molecule has 16 heavy (non-hydrogen) atoms. The fraction of sp³-hybridized carbons (Fsp3) is 0.333. The molecule has 0 aliphatic heterocycles. The van der Waals surface area contributed by atoms with Crippen molar-refractivity contribution in [3.05, 3.63) is 30.1 Å². The fourth-order valence-corrected chi connectivity index (χ4v) is 1.48. The molecule has 0 radical (unpaired) electrons. The lowest BCUT2D eigenvalue weighted by Gasteiger charge is -1.99. The highest BCUT2D eigenvalue weighted by Crippen LogP contribution is 2.19. The van der Waals surface area contributed by atoms with E-state index in [1.54, 1.807) is 0 Å². The highest BCUT2D eigenvalue weighted by molar-refractivity contribution is 5.58. The summed E-state index contributed by atoms with van der Waals surface area (Å²) in [6.07, 6.45) is 1.88. The molecule has 2 aromatic rings. The molecule has 0 saturated carbocycles. The van der Waals surface area contributed by atoms with Crippen LogP contribution in [0.3, 0.4) is 0 Å².